The molecule has 0 radical (unpaired) electrons. The molecule has 1 aromatic rings. The first-order chi connectivity index (χ1) is 10.3. The van der Waals surface area contributed by atoms with Crippen LogP contribution < -0.4 is 10.6 Å². The van der Waals surface area contributed by atoms with Crippen molar-refractivity contribution in [3.8, 4) is 0 Å². The van der Waals surface area contributed by atoms with Crippen molar-refractivity contribution in [1.29, 1.82) is 0 Å². The summed E-state index contributed by atoms with van der Waals surface area (Å²) in [5, 5.41) is 4.74. The third-order valence-electron chi connectivity index (χ3n) is 3.51. The van der Waals surface area contributed by atoms with Crippen molar-refractivity contribution in [2.45, 2.75) is 19.0 Å². The van der Waals surface area contributed by atoms with Gasteiger partial charge >= 0.3 is 6.18 Å². The van der Waals surface area contributed by atoms with E-state index in [2.05, 4.69) is 17.2 Å². The van der Waals surface area contributed by atoms with E-state index in [-0.39, 0.29) is 12.2 Å². The van der Waals surface area contributed by atoms with Gasteiger partial charge in [-0.3, -0.25) is 9.59 Å². The molecule has 1 aliphatic carbocycles. The van der Waals surface area contributed by atoms with Gasteiger partial charge in [0, 0.05) is 6.54 Å². The number of carbonyl (C=O) groups is 2. The van der Waals surface area contributed by atoms with Gasteiger partial charge in [-0.2, -0.15) is 13.2 Å². The number of amides is 2. The highest BCUT2D eigenvalue weighted by molar-refractivity contribution is 6.13. The molecule has 2 rings (SSSR count). The molecule has 4 nitrogen and oxygen atoms in total. The summed E-state index contributed by atoms with van der Waals surface area (Å²) in [5.41, 5.74) is -2.56. The van der Waals surface area contributed by atoms with Gasteiger partial charge in [0.05, 0.1) is 11.3 Å². The molecular weight excluding hydrogens is 297 g/mol. The first-order valence-electron chi connectivity index (χ1n) is 6.68. The number of nitrogens with one attached hydrogen (secondary N) is 2. The number of carbonyl (C=O) groups excluding carboxylic acids is 2. The number of hydrogen-bond acceptors (Lipinski definition) is 2. The minimum Gasteiger partial charge on any atom is -0.352 e. The van der Waals surface area contributed by atoms with Crippen LogP contribution in [0.2, 0.25) is 0 Å². The zero-order valence-corrected chi connectivity index (χ0v) is 11.7. The Morgan fingerprint density at radius 1 is 1.23 bits per heavy atom. The number of rotatable bonds is 5. The molecule has 22 heavy (non-hydrogen) atoms. The Morgan fingerprint density at radius 2 is 1.86 bits per heavy atom. The first-order valence-corrected chi connectivity index (χ1v) is 6.68. The molecule has 0 atom stereocenters. The van der Waals surface area contributed by atoms with Gasteiger partial charge in [0.1, 0.15) is 5.41 Å². The zero-order valence-electron chi connectivity index (χ0n) is 11.7. The average Bonchev–Trinajstić information content (AvgIpc) is 3.26. The molecule has 0 spiro atoms. The molecule has 2 amide bonds. The van der Waals surface area contributed by atoms with E-state index >= 15 is 0 Å². The molecule has 1 aromatic carbocycles. The first kappa shape index (κ1) is 16.1. The molecule has 1 saturated carbocycles. The van der Waals surface area contributed by atoms with Gasteiger partial charge in [-0.15, -0.1) is 6.58 Å². The Bertz CT molecular complexity index is 607. The van der Waals surface area contributed by atoms with Crippen LogP contribution in [0, 0.1) is 5.41 Å². The predicted octanol–water partition coefficient (Wildman–Crippen LogP) is 2.73. The Balaban J connectivity index is 2.17. The second-order valence-electron chi connectivity index (χ2n) is 5.08. The fourth-order valence-electron chi connectivity index (χ4n) is 2.10. The summed E-state index contributed by atoms with van der Waals surface area (Å²) in [4.78, 5) is 24.2. The van der Waals surface area contributed by atoms with E-state index in [9.17, 15) is 22.8 Å². The lowest BCUT2D eigenvalue weighted by Crippen LogP contribution is -2.40. The van der Waals surface area contributed by atoms with Gasteiger partial charge in [0.25, 0.3) is 0 Å². The predicted molar refractivity (Wildman–Crippen MR) is 74.9 cm³/mol. The highest BCUT2D eigenvalue weighted by atomic mass is 19.4. The zero-order chi connectivity index (χ0) is 16.4. The normalized spacial score (nSPS) is 15.8. The maximum Gasteiger partial charge on any atom is 0.418 e. The van der Waals surface area contributed by atoms with Crippen LogP contribution in [0.5, 0.6) is 0 Å². The van der Waals surface area contributed by atoms with Crippen molar-refractivity contribution in [1.82, 2.24) is 5.32 Å². The van der Waals surface area contributed by atoms with Crippen LogP contribution in [0.1, 0.15) is 18.4 Å². The Labute approximate surface area is 125 Å². The van der Waals surface area contributed by atoms with Gasteiger partial charge in [-0.25, -0.2) is 0 Å². The van der Waals surface area contributed by atoms with E-state index in [0.717, 1.165) is 6.07 Å². The minimum absolute atomic E-state index is 0.201. The lowest BCUT2D eigenvalue weighted by molar-refractivity contribution is -0.137. The van der Waals surface area contributed by atoms with Crippen LogP contribution in [0.4, 0.5) is 18.9 Å². The highest BCUT2D eigenvalue weighted by Gasteiger charge is 2.56. The Morgan fingerprint density at radius 3 is 2.41 bits per heavy atom. The summed E-state index contributed by atoms with van der Waals surface area (Å²) in [6.07, 6.45) is -2.48. The van der Waals surface area contributed by atoms with Crippen molar-refractivity contribution in [2.24, 2.45) is 5.41 Å². The number of hydrogen-bond donors (Lipinski definition) is 2. The molecule has 2 N–H and O–H groups in total. The molecule has 0 aliphatic heterocycles. The van der Waals surface area contributed by atoms with Gasteiger partial charge in [0.2, 0.25) is 11.8 Å². The maximum atomic E-state index is 12.9. The Kier molecular flexibility index (Phi) is 4.25. The molecule has 1 aliphatic rings. The van der Waals surface area contributed by atoms with Crippen molar-refractivity contribution in [2.75, 3.05) is 11.9 Å². The van der Waals surface area contributed by atoms with Crippen LogP contribution in [-0.2, 0) is 15.8 Å². The molecular formula is C15H15F3N2O2. The number of alkyl halides is 3. The summed E-state index contributed by atoms with van der Waals surface area (Å²) in [6, 6.07) is 4.68. The molecule has 0 aromatic heterocycles. The van der Waals surface area contributed by atoms with Gasteiger partial charge in [0.15, 0.2) is 0 Å². The highest BCUT2D eigenvalue weighted by Crippen LogP contribution is 2.47. The minimum atomic E-state index is -4.58. The van der Waals surface area contributed by atoms with Crippen LogP contribution in [0.25, 0.3) is 0 Å². The van der Waals surface area contributed by atoms with Crippen molar-refractivity contribution in [3.05, 3.63) is 42.5 Å². The van der Waals surface area contributed by atoms with Gasteiger partial charge < -0.3 is 10.6 Å². The lowest BCUT2D eigenvalue weighted by Gasteiger charge is -2.17. The maximum absolute atomic E-state index is 12.9. The summed E-state index contributed by atoms with van der Waals surface area (Å²) in [7, 11) is 0. The molecule has 0 saturated heterocycles. The smallest absolute Gasteiger partial charge is 0.352 e. The third-order valence-corrected chi connectivity index (χ3v) is 3.51. The summed E-state index contributed by atoms with van der Waals surface area (Å²) in [6.45, 7) is 3.65. The van der Waals surface area contributed by atoms with E-state index in [1.54, 1.807) is 0 Å². The SMILES string of the molecule is C=CCNC(=O)C1(C(=O)Nc2ccccc2C(F)(F)F)CC1. The monoisotopic (exact) mass is 312 g/mol. The number of halogens is 3. The van der Waals surface area contributed by atoms with Gasteiger partial charge in [-0.05, 0) is 25.0 Å². The fourth-order valence-corrected chi connectivity index (χ4v) is 2.10. The van der Waals surface area contributed by atoms with E-state index in [4.69, 9.17) is 0 Å². The summed E-state index contributed by atoms with van der Waals surface area (Å²) >= 11 is 0. The fraction of sp³-hybridized carbons (Fsp3) is 0.333. The quantitative estimate of drug-likeness (QED) is 0.649. The van der Waals surface area contributed by atoms with E-state index in [1.807, 2.05) is 0 Å². The second-order valence-corrected chi connectivity index (χ2v) is 5.08. The van der Waals surface area contributed by atoms with Crippen LogP contribution in [0.15, 0.2) is 36.9 Å². The summed E-state index contributed by atoms with van der Waals surface area (Å²) in [5.74, 6) is -1.21. The molecule has 0 heterocycles. The molecule has 0 bridgehead atoms. The lowest BCUT2D eigenvalue weighted by atomic mass is 10.0. The van der Waals surface area contributed by atoms with Crippen LogP contribution in [-0.4, -0.2) is 18.4 Å². The summed E-state index contributed by atoms with van der Waals surface area (Å²) < 4.78 is 38.7. The second kappa shape index (κ2) is 5.82. The van der Waals surface area contributed by atoms with Crippen molar-refractivity contribution < 1.29 is 22.8 Å². The number of anilines is 1. The average molecular weight is 312 g/mol. The molecule has 1 fully saturated rings. The molecule has 118 valence electrons. The van der Waals surface area contributed by atoms with E-state index in [1.165, 1.54) is 24.3 Å². The number of benzene rings is 1. The van der Waals surface area contributed by atoms with Crippen LogP contribution >= 0.6 is 0 Å². The van der Waals surface area contributed by atoms with Gasteiger partial charge in [-0.1, -0.05) is 18.2 Å². The van der Waals surface area contributed by atoms with Crippen LogP contribution in [0.3, 0.4) is 0 Å². The molecule has 0 unspecified atom stereocenters. The van der Waals surface area contributed by atoms with E-state index in [0.29, 0.717) is 12.8 Å². The van der Waals surface area contributed by atoms with E-state index < -0.39 is 29.0 Å². The van der Waals surface area contributed by atoms with Crippen molar-refractivity contribution in [3.63, 3.8) is 0 Å². The number of para-hydroxylation sites is 1. The largest absolute Gasteiger partial charge is 0.418 e. The molecule has 7 heteroatoms. The topological polar surface area (TPSA) is 58.2 Å². The van der Waals surface area contributed by atoms with Crippen molar-refractivity contribution >= 4 is 17.5 Å². The Hall–Kier alpha value is -2.31. The third kappa shape index (κ3) is 3.13. The standard InChI is InChI=1S/C15H15F3N2O2/c1-2-9-19-12(21)14(7-8-14)13(22)20-11-6-4-3-5-10(11)15(16,17)18/h2-6H,1,7-9H2,(H,19,21)(H,20,22).